The molecule has 0 spiro atoms. The Morgan fingerprint density at radius 2 is 1.94 bits per heavy atom. The van der Waals surface area contributed by atoms with Gasteiger partial charge in [-0.1, -0.05) is 18.2 Å². The lowest BCUT2D eigenvalue weighted by Gasteiger charge is -2.26. The number of ether oxygens (including phenoxy) is 1. The van der Waals surface area contributed by atoms with Crippen molar-refractivity contribution in [2.75, 3.05) is 32.1 Å². The van der Waals surface area contributed by atoms with E-state index in [-0.39, 0.29) is 13.1 Å². The highest BCUT2D eigenvalue weighted by Crippen LogP contribution is 2.29. The first kappa shape index (κ1) is 24.4. The Bertz CT molecular complexity index is 1020. The predicted molar refractivity (Wildman–Crippen MR) is 116 cm³/mol. The van der Waals surface area contributed by atoms with Gasteiger partial charge in [0.25, 0.3) is 5.91 Å². The second-order valence-corrected chi connectivity index (χ2v) is 7.76. The van der Waals surface area contributed by atoms with Crippen LogP contribution in [0.2, 0.25) is 0 Å². The molecule has 0 unspecified atom stereocenters. The van der Waals surface area contributed by atoms with Gasteiger partial charge in [0.2, 0.25) is 0 Å². The first-order valence-corrected chi connectivity index (χ1v) is 10.3. The molecule has 33 heavy (non-hydrogen) atoms. The van der Waals surface area contributed by atoms with E-state index >= 15 is 0 Å². The minimum absolute atomic E-state index is 0.106. The van der Waals surface area contributed by atoms with E-state index in [0.29, 0.717) is 30.9 Å². The van der Waals surface area contributed by atoms with Crippen LogP contribution < -0.4 is 10.2 Å². The maximum atomic E-state index is 13.5. The van der Waals surface area contributed by atoms with Crippen molar-refractivity contribution in [3.63, 3.8) is 0 Å². The standard InChI is InChI=1S/C23H25F3N4O3/c1-29(2)12-10-20(33-22(32)23(24,25)26)21(31)30(13-9-17-7-3-4-11-28-17)19-8-5-6-16-14-27-15-18(16)19/h3-8,10-11,27H,9,12-15H2,1-2H3/b20-10+. The summed E-state index contributed by atoms with van der Waals surface area (Å²) in [6.07, 6.45) is -2.06. The molecule has 2 heterocycles. The van der Waals surface area contributed by atoms with Gasteiger partial charge in [0, 0.05) is 50.2 Å². The molecule has 7 nitrogen and oxygen atoms in total. The first-order valence-electron chi connectivity index (χ1n) is 10.3. The highest BCUT2D eigenvalue weighted by Gasteiger charge is 2.43. The predicted octanol–water partition coefficient (Wildman–Crippen LogP) is 2.81. The molecule has 0 saturated heterocycles. The summed E-state index contributed by atoms with van der Waals surface area (Å²) in [7, 11) is 3.36. The fourth-order valence-electron chi connectivity index (χ4n) is 3.40. The molecule has 176 valence electrons. The van der Waals surface area contributed by atoms with Gasteiger partial charge in [-0.2, -0.15) is 13.2 Å². The number of nitrogens with zero attached hydrogens (tertiary/aromatic N) is 3. The summed E-state index contributed by atoms with van der Waals surface area (Å²) < 4.78 is 43.2. The Kier molecular flexibility index (Phi) is 7.83. The lowest BCUT2D eigenvalue weighted by molar-refractivity contribution is -0.195. The van der Waals surface area contributed by atoms with Crippen molar-refractivity contribution in [3.8, 4) is 0 Å². The minimum atomic E-state index is -5.23. The second-order valence-electron chi connectivity index (χ2n) is 7.76. The number of fused-ring (bicyclic) bond motifs is 1. The average molecular weight is 462 g/mol. The van der Waals surface area contributed by atoms with Gasteiger partial charge in [0.15, 0.2) is 5.76 Å². The monoisotopic (exact) mass is 462 g/mol. The molecule has 3 rings (SSSR count). The number of pyridine rings is 1. The number of alkyl halides is 3. The van der Waals surface area contributed by atoms with E-state index in [4.69, 9.17) is 0 Å². The molecule has 0 aliphatic carbocycles. The van der Waals surface area contributed by atoms with E-state index in [2.05, 4.69) is 15.0 Å². The number of hydrogen-bond donors (Lipinski definition) is 1. The number of amides is 1. The molecule has 10 heteroatoms. The van der Waals surface area contributed by atoms with Crippen LogP contribution in [0, 0.1) is 0 Å². The number of halogens is 3. The van der Waals surface area contributed by atoms with Crippen LogP contribution in [0.4, 0.5) is 18.9 Å². The first-order chi connectivity index (χ1) is 15.7. The maximum absolute atomic E-state index is 13.5. The van der Waals surface area contributed by atoms with Gasteiger partial charge in [-0.3, -0.25) is 9.78 Å². The highest BCUT2D eigenvalue weighted by molar-refractivity contribution is 6.06. The molecule has 1 aromatic heterocycles. The van der Waals surface area contributed by atoms with Gasteiger partial charge in [-0.05, 0) is 49.5 Å². The molecule has 0 bridgehead atoms. The van der Waals surface area contributed by atoms with Crippen molar-refractivity contribution in [2.24, 2.45) is 0 Å². The van der Waals surface area contributed by atoms with Crippen LogP contribution in [-0.4, -0.2) is 55.1 Å². The van der Waals surface area contributed by atoms with Gasteiger partial charge >= 0.3 is 12.1 Å². The average Bonchev–Trinajstić information content (AvgIpc) is 3.26. The Hall–Kier alpha value is -3.24. The molecule has 1 amide bonds. The fourth-order valence-corrected chi connectivity index (χ4v) is 3.40. The Balaban J connectivity index is 1.97. The van der Waals surface area contributed by atoms with E-state index < -0.39 is 23.8 Å². The molecule has 1 aromatic carbocycles. The van der Waals surface area contributed by atoms with Crippen molar-refractivity contribution in [1.29, 1.82) is 0 Å². The van der Waals surface area contributed by atoms with Crippen LogP contribution in [0.1, 0.15) is 16.8 Å². The van der Waals surface area contributed by atoms with Crippen LogP contribution in [0.3, 0.4) is 0 Å². The van der Waals surface area contributed by atoms with E-state index in [1.165, 1.54) is 11.0 Å². The Labute approximate surface area is 189 Å². The van der Waals surface area contributed by atoms with Crippen LogP contribution in [0.5, 0.6) is 0 Å². The van der Waals surface area contributed by atoms with Crippen molar-refractivity contribution in [3.05, 3.63) is 71.3 Å². The van der Waals surface area contributed by atoms with Gasteiger partial charge in [-0.25, -0.2) is 4.79 Å². The van der Waals surface area contributed by atoms with E-state index in [9.17, 15) is 22.8 Å². The lowest BCUT2D eigenvalue weighted by atomic mass is 10.1. The SMILES string of the molecule is CN(C)C/C=C(/OC(=O)C(F)(F)F)C(=O)N(CCc1ccccn1)c1cccc2c1CNC2. The van der Waals surface area contributed by atoms with Gasteiger partial charge in [-0.15, -0.1) is 0 Å². The molecule has 0 radical (unpaired) electrons. The van der Waals surface area contributed by atoms with Crippen molar-refractivity contribution in [2.45, 2.75) is 25.7 Å². The summed E-state index contributed by atoms with van der Waals surface area (Å²) in [5.41, 5.74) is 3.14. The third-order valence-corrected chi connectivity index (χ3v) is 5.01. The normalized spacial score (nSPS) is 13.7. The molecule has 2 aromatic rings. The molecule has 1 N–H and O–H groups in total. The summed E-state index contributed by atoms with van der Waals surface area (Å²) in [6, 6.07) is 10.8. The number of carbonyl (C=O) groups excluding carboxylic acids is 2. The third-order valence-electron chi connectivity index (χ3n) is 5.01. The highest BCUT2D eigenvalue weighted by atomic mass is 19.4. The Morgan fingerprint density at radius 3 is 2.61 bits per heavy atom. The minimum Gasteiger partial charge on any atom is -0.414 e. The van der Waals surface area contributed by atoms with Crippen LogP contribution >= 0.6 is 0 Å². The summed E-state index contributed by atoms with van der Waals surface area (Å²) in [4.78, 5) is 32.3. The molecular weight excluding hydrogens is 437 g/mol. The van der Waals surface area contributed by atoms with Crippen molar-refractivity contribution in [1.82, 2.24) is 15.2 Å². The molecular formula is C23H25F3N4O3. The van der Waals surface area contributed by atoms with Crippen molar-refractivity contribution < 1.29 is 27.5 Å². The summed E-state index contributed by atoms with van der Waals surface area (Å²) >= 11 is 0. The number of aromatic nitrogens is 1. The zero-order valence-electron chi connectivity index (χ0n) is 18.4. The largest absolute Gasteiger partial charge is 0.491 e. The molecule has 1 aliphatic rings. The zero-order valence-corrected chi connectivity index (χ0v) is 18.4. The number of likely N-dealkylation sites (N-methyl/N-ethyl adjacent to an activating group) is 1. The van der Waals surface area contributed by atoms with Gasteiger partial charge < -0.3 is 19.9 Å². The number of anilines is 1. The topological polar surface area (TPSA) is 74.8 Å². The zero-order chi connectivity index (χ0) is 24.0. The smallest absolute Gasteiger partial charge is 0.414 e. The number of hydrogen-bond acceptors (Lipinski definition) is 6. The van der Waals surface area contributed by atoms with E-state index in [0.717, 1.165) is 11.1 Å². The lowest BCUT2D eigenvalue weighted by Crippen LogP contribution is -2.38. The second kappa shape index (κ2) is 10.6. The van der Waals surface area contributed by atoms with Crippen LogP contribution in [-0.2, 0) is 33.8 Å². The summed E-state index contributed by atoms with van der Waals surface area (Å²) in [6.45, 7) is 1.37. The van der Waals surface area contributed by atoms with Gasteiger partial charge in [0.05, 0.1) is 0 Å². The number of nitrogens with one attached hydrogen (secondary N) is 1. The fraction of sp³-hybridized carbons (Fsp3) is 0.348. The number of esters is 1. The van der Waals surface area contributed by atoms with Gasteiger partial charge in [0.1, 0.15) is 0 Å². The van der Waals surface area contributed by atoms with Crippen LogP contribution in [0.15, 0.2) is 54.4 Å². The van der Waals surface area contributed by atoms with E-state index in [1.54, 1.807) is 49.5 Å². The molecule has 1 aliphatic heterocycles. The van der Waals surface area contributed by atoms with E-state index in [1.807, 2.05) is 12.1 Å². The molecule has 0 saturated carbocycles. The number of rotatable bonds is 8. The molecule has 0 fully saturated rings. The third kappa shape index (κ3) is 6.39. The maximum Gasteiger partial charge on any atom is 0.491 e. The number of carbonyl (C=O) groups is 2. The number of benzene rings is 1. The van der Waals surface area contributed by atoms with Crippen LogP contribution in [0.25, 0.3) is 0 Å². The summed E-state index contributed by atoms with van der Waals surface area (Å²) in [5, 5.41) is 3.21. The quantitative estimate of drug-likeness (QED) is 0.370. The summed E-state index contributed by atoms with van der Waals surface area (Å²) in [5.74, 6) is -3.94. The van der Waals surface area contributed by atoms with Crippen molar-refractivity contribution >= 4 is 17.6 Å². The Morgan fingerprint density at radius 1 is 1.15 bits per heavy atom. The molecule has 0 atom stereocenters.